The summed E-state index contributed by atoms with van der Waals surface area (Å²) in [6.45, 7) is 3.63. The summed E-state index contributed by atoms with van der Waals surface area (Å²) in [6, 6.07) is 10.0. The number of benzene rings is 1. The van der Waals surface area contributed by atoms with E-state index in [9.17, 15) is 0 Å². The van der Waals surface area contributed by atoms with Crippen molar-refractivity contribution in [3.05, 3.63) is 42.5 Å². The zero-order chi connectivity index (χ0) is 5.82. The van der Waals surface area contributed by atoms with E-state index >= 15 is 0 Å². The predicted molar refractivity (Wildman–Crippen MR) is 47.4 cm³/mol. The van der Waals surface area contributed by atoms with Crippen LogP contribution in [-0.2, 0) is 0 Å². The van der Waals surface area contributed by atoms with Crippen LogP contribution >= 0.6 is 0 Å². The van der Waals surface area contributed by atoms with E-state index in [1.165, 1.54) is 5.56 Å². The van der Waals surface area contributed by atoms with Gasteiger partial charge in [-0.05, 0) is 5.56 Å². The van der Waals surface area contributed by atoms with Gasteiger partial charge in [0, 0.05) is 0 Å². The highest BCUT2D eigenvalue weighted by molar-refractivity contribution is 5.45. The molecule has 0 unspecified atom stereocenters. The Balaban J connectivity index is -0.000000213. The summed E-state index contributed by atoms with van der Waals surface area (Å²) in [5, 5.41) is 0. The van der Waals surface area contributed by atoms with Gasteiger partial charge in [-0.3, -0.25) is 0 Å². The molecule has 1 aromatic rings. The van der Waals surface area contributed by atoms with Crippen LogP contribution < -0.4 is 0 Å². The zero-order valence-corrected chi connectivity index (χ0v) is 6.17. The van der Waals surface area contributed by atoms with Crippen LogP contribution in [0.4, 0.5) is 0 Å². The zero-order valence-electron chi connectivity index (χ0n) is 6.17. The number of hydrogen-bond acceptors (Lipinski definition) is 0. The summed E-state index contributed by atoms with van der Waals surface area (Å²) in [5.41, 5.74) is 1.17. The Morgan fingerprint density at radius 3 is 1.64 bits per heavy atom. The van der Waals surface area contributed by atoms with Crippen molar-refractivity contribution in [3.63, 3.8) is 0 Å². The molecule has 0 atom stereocenters. The minimum absolute atomic E-state index is 0. The molecule has 0 aliphatic heterocycles. The SMILES string of the molecule is C=Cc1ccccc1.O.O.O. The molecule has 1 rings (SSSR count). The van der Waals surface area contributed by atoms with Gasteiger partial charge in [-0.1, -0.05) is 43.0 Å². The Kier molecular flexibility index (Phi) is 13.2. The molecule has 0 amide bonds. The van der Waals surface area contributed by atoms with Gasteiger partial charge in [-0.2, -0.15) is 0 Å². The molecule has 0 bridgehead atoms. The second-order valence-electron chi connectivity index (χ2n) is 1.61. The average molecular weight is 158 g/mol. The van der Waals surface area contributed by atoms with Gasteiger partial charge in [0.1, 0.15) is 0 Å². The Labute approximate surface area is 65.9 Å². The molecule has 0 heterocycles. The summed E-state index contributed by atoms with van der Waals surface area (Å²) in [4.78, 5) is 0. The molecule has 0 aliphatic rings. The largest absolute Gasteiger partial charge is 0.412 e. The molecule has 3 heteroatoms. The van der Waals surface area contributed by atoms with Crippen molar-refractivity contribution < 1.29 is 16.4 Å². The van der Waals surface area contributed by atoms with Crippen molar-refractivity contribution in [1.29, 1.82) is 0 Å². The highest BCUT2D eigenvalue weighted by Gasteiger charge is 1.75. The molecule has 3 nitrogen and oxygen atoms in total. The van der Waals surface area contributed by atoms with Crippen molar-refractivity contribution in [1.82, 2.24) is 0 Å². The third-order valence-corrected chi connectivity index (χ3v) is 1.04. The van der Waals surface area contributed by atoms with Crippen LogP contribution in [0.2, 0.25) is 0 Å². The van der Waals surface area contributed by atoms with E-state index in [0.29, 0.717) is 0 Å². The van der Waals surface area contributed by atoms with Crippen LogP contribution in [0, 0.1) is 0 Å². The molecule has 64 valence electrons. The molecule has 11 heavy (non-hydrogen) atoms. The van der Waals surface area contributed by atoms with Gasteiger partial charge < -0.3 is 16.4 Å². The number of rotatable bonds is 1. The van der Waals surface area contributed by atoms with E-state index in [2.05, 4.69) is 6.58 Å². The lowest BCUT2D eigenvalue weighted by atomic mass is 10.2. The third kappa shape index (κ3) is 5.29. The first-order chi connectivity index (χ1) is 3.93. The monoisotopic (exact) mass is 158 g/mol. The maximum atomic E-state index is 3.63. The van der Waals surface area contributed by atoms with Gasteiger partial charge in [-0.15, -0.1) is 0 Å². The standard InChI is InChI=1S/C8H8.3H2O/c1-2-8-6-4-3-5-7-8;;;/h2-7H,1H2;3*1H2. The smallest absolute Gasteiger partial charge is 0.0263 e. The molecule has 0 aromatic heterocycles. The molecule has 0 saturated carbocycles. The van der Waals surface area contributed by atoms with Crippen LogP contribution in [0.25, 0.3) is 6.08 Å². The van der Waals surface area contributed by atoms with E-state index < -0.39 is 0 Å². The molecule has 0 spiro atoms. The molecule has 0 fully saturated rings. The van der Waals surface area contributed by atoms with Crippen LogP contribution in [0.5, 0.6) is 0 Å². The molecule has 1 aromatic carbocycles. The molecule has 0 aliphatic carbocycles. The van der Waals surface area contributed by atoms with E-state index in [0.717, 1.165) is 0 Å². The highest BCUT2D eigenvalue weighted by atomic mass is 16.0. The lowest BCUT2D eigenvalue weighted by molar-refractivity contribution is 0.823. The van der Waals surface area contributed by atoms with E-state index in [-0.39, 0.29) is 16.4 Å². The van der Waals surface area contributed by atoms with Crippen molar-refractivity contribution in [2.24, 2.45) is 0 Å². The van der Waals surface area contributed by atoms with Crippen LogP contribution in [0.3, 0.4) is 0 Å². The maximum Gasteiger partial charge on any atom is -0.0263 e. The summed E-state index contributed by atoms with van der Waals surface area (Å²) < 4.78 is 0. The van der Waals surface area contributed by atoms with Gasteiger partial charge in [-0.25, -0.2) is 0 Å². The molecule has 6 N–H and O–H groups in total. The average Bonchev–Trinajstić information content (AvgIpc) is 1.90. The minimum Gasteiger partial charge on any atom is -0.412 e. The van der Waals surface area contributed by atoms with E-state index in [1.54, 1.807) is 0 Å². The van der Waals surface area contributed by atoms with Gasteiger partial charge in [0.2, 0.25) is 0 Å². The lowest BCUT2D eigenvalue weighted by Gasteiger charge is -1.85. The first-order valence-electron chi connectivity index (χ1n) is 2.61. The molecule has 0 radical (unpaired) electrons. The van der Waals surface area contributed by atoms with Crippen molar-refractivity contribution in [2.45, 2.75) is 0 Å². The molecule has 0 saturated heterocycles. The van der Waals surface area contributed by atoms with E-state index in [1.807, 2.05) is 36.4 Å². The van der Waals surface area contributed by atoms with Gasteiger partial charge in [0.25, 0.3) is 0 Å². The van der Waals surface area contributed by atoms with Gasteiger partial charge >= 0.3 is 0 Å². The Hall–Kier alpha value is -1.16. The summed E-state index contributed by atoms with van der Waals surface area (Å²) in [6.07, 6.45) is 1.83. The van der Waals surface area contributed by atoms with Crippen molar-refractivity contribution in [3.8, 4) is 0 Å². The first kappa shape index (κ1) is 16.4. The topological polar surface area (TPSA) is 94.5 Å². The molecular formula is C8H14O3. The summed E-state index contributed by atoms with van der Waals surface area (Å²) in [7, 11) is 0. The molecular weight excluding hydrogens is 144 g/mol. The fourth-order valence-corrected chi connectivity index (χ4v) is 0.589. The predicted octanol–water partition coefficient (Wildman–Crippen LogP) is -0.145. The van der Waals surface area contributed by atoms with Crippen molar-refractivity contribution >= 4 is 6.08 Å². The normalized spacial score (nSPS) is 6.18. The lowest BCUT2D eigenvalue weighted by Crippen LogP contribution is -1.63. The van der Waals surface area contributed by atoms with Crippen molar-refractivity contribution in [2.75, 3.05) is 0 Å². The second kappa shape index (κ2) is 8.84. The first-order valence-corrected chi connectivity index (χ1v) is 2.61. The summed E-state index contributed by atoms with van der Waals surface area (Å²) >= 11 is 0. The van der Waals surface area contributed by atoms with E-state index in [4.69, 9.17) is 0 Å². The van der Waals surface area contributed by atoms with Gasteiger partial charge in [0.05, 0.1) is 0 Å². The Bertz CT molecular complexity index is 172. The van der Waals surface area contributed by atoms with Crippen LogP contribution in [0.1, 0.15) is 5.56 Å². The fourth-order valence-electron chi connectivity index (χ4n) is 0.589. The Morgan fingerprint density at radius 2 is 1.36 bits per heavy atom. The highest BCUT2D eigenvalue weighted by Crippen LogP contribution is 1.97. The number of hydrogen-bond donors (Lipinski definition) is 0. The minimum atomic E-state index is 0. The summed E-state index contributed by atoms with van der Waals surface area (Å²) in [5.74, 6) is 0. The van der Waals surface area contributed by atoms with Crippen LogP contribution in [-0.4, -0.2) is 16.4 Å². The second-order valence-corrected chi connectivity index (χ2v) is 1.61. The quantitative estimate of drug-likeness (QED) is 0.543. The van der Waals surface area contributed by atoms with Gasteiger partial charge in [0.15, 0.2) is 0 Å². The fraction of sp³-hybridized carbons (Fsp3) is 0. The maximum absolute atomic E-state index is 3.63. The Morgan fingerprint density at radius 1 is 0.909 bits per heavy atom. The third-order valence-electron chi connectivity index (χ3n) is 1.04. The van der Waals surface area contributed by atoms with Crippen LogP contribution in [0.15, 0.2) is 36.9 Å².